The maximum Gasteiger partial charge on any atom is 0.244 e. The predicted molar refractivity (Wildman–Crippen MR) is 88.1 cm³/mol. The van der Waals surface area contributed by atoms with Crippen LogP contribution >= 0.6 is 0 Å². The standard InChI is InChI=1S/C17H21FN4O/c1-21(2)16(14-5-4-6-15(18)9-14)11-19-17(23)8-7-13-10-20-22(3)12-13/h4-10,12,16H,11H2,1-3H3,(H,19,23)/b8-7+/t16-/m1/s1. The number of hydrogen-bond acceptors (Lipinski definition) is 3. The molecule has 0 radical (unpaired) electrons. The smallest absolute Gasteiger partial charge is 0.244 e. The second kappa shape index (κ2) is 7.69. The summed E-state index contributed by atoms with van der Waals surface area (Å²) in [5, 5.41) is 6.87. The first-order valence-corrected chi connectivity index (χ1v) is 7.32. The van der Waals surface area contributed by atoms with Crippen molar-refractivity contribution in [3.63, 3.8) is 0 Å². The summed E-state index contributed by atoms with van der Waals surface area (Å²) in [6.07, 6.45) is 6.67. The molecule has 5 nitrogen and oxygen atoms in total. The third kappa shape index (κ3) is 5.03. The Hall–Kier alpha value is -2.47. The van der Waals surface area contributed by atoms with Crippen LogP contribution in [0.4, 0.5) is 4.39 Å². The van der Waals surface area contributed by atoms with Crippen LogP contribution in [0.3, 0.4) is 0 Å². The molecule has 0 saturated heterocycles. The molecular weight excluding hydrogens is 295 g/mol. The van der Waals surface area contributed by atoms with Gasteiger partial charge in [0.15, 0.2) is 0 Å². The lowest BCUT2D eigenvalue weighted by molar-refractivity contribution is -0.116. The molecule has 2 rings (SSSR count). The van der Waals surface area contributed by atoms with Gasteiger partial charge in [-0.15, -0.1) is 0 Å². The zero-order valence-corrected chi connectivity index (χ0v) is 13.5. The van der Waals surface area contributed by atoms with Gasteiger partial charge in [0, 0.05) is 31.4 Å². The van der Waals surface area contributed by atoms with E-state index in [4.69, 9.17) is 0 Å². The first-order chi connectivity index (χ1) is 11.0. The first kappa shape index (κ1) is 16.9. The molecule has 0 aliphatic rings. The molecule has 0 fully saturated rings. The number of benzene rings is 1. The SMILES string of the molecule is CN(C)[C@H](CNC(=O)/C=C/c1cnn(C)c1)c1cccc(F)c1. The van der Waals surface area contributed by atoms with Gasteiger partial charge in [0.2, 0.25) is 5.91 Å². The maximum absolute atomic E-state index is 13.4. The molecule has 0 unspecified atom stereocenters. The number of hydrogen-bond donors (Lipinski definition) is 1. The number of aromatic nitrogens is 2. The lowest BCUT2D eigenvalue weighted by atomic mass is 10.1. The highest BCUT2D eigenvalue weighted by Gasteiger charge is 2.15. The number of nitrogens with one attached hydrogen (secondary N) is 1. The summed E-state index contributed by atoms with van der Waals surface area (Å²) in [6.45, 7) is 0.396. The minimum atomic E-state index is -0.280. The third-order valence-electron chi connectivity index (χ3n) is 3.48. The van der Waals surface area contributed by atoms with E-state index < -0.39 is 0 Å². The van der Waals surface area contributed by atoms with Gasteiger partial charge in [-0.05, 0) is 37.9 Å². The average Bonchev–Trinajstić information content (AvgIpc) is 2.91. The van der Waals surface area contributed by atoms with Gasteiger partial charge < -0.3 is 10.2 Å². The lowest BCUT2D eigenvalue weighted by Crippen LogP contribution is -2.33. The molecular formula is C17H21FN4O. The van der Waals surface area contributed by atoms with Gasteiger partial charge in [0.25, 0.3) is 0 Å². The molecule has 122 valence electrons. The van der Waals surface area contributed by atoms with Gasteiger partial charge in [-0.25, -0.2) is 4.39 Å². The van der Waals surface area contributed by atoms with Crippen LogP contribution in [0.1, 0.15) is 17.2 Å². The second-order valence-electron chi connectivity index (χ2n) is 5.56. The van der Waals surface area contributed by atoms with Crippen molar-refractivity contribution >= 4 is 12.0 Å². The van der Waals surface area contributed by atoms with Crippen molar-refractivity contribution in [3.05, 3.63) is 59.7 Å². The number of likely N-dealkylation sites (N-methyl/N-ethyl adjacent to an activating group) is 1. The minimum Gasteiger partial charge on any atom is -0.351 e. The second-order valence-corrected chi connectivity index (χ2v) is 5.56. The fourth-order valence-electron chi connectivity index (χ4n) is 2.27. The number of amides is 1. The molecule has 0 aliphatic heterocycles. The number of nitrogens with zero attached hydrogens (tertiary/aromatic N) is 3. The summed E-state index contributed by atoms with van der Waals surface area (Å²) in [7, 11) is 5.61. The normalized spacial score (nSPS) is 12.7. The molecule has 1 N–H and O–H groups in total. The van der Waals surface area contributed by atoms with E-state index in [2.05, 4.69) is 10.4 Å². The molecule has 0 aliphatic carbocycles. The van der Waals surface area contributed by atoms with Crippen LogP contribution in [-0.4, -0.2) is 41.2 Å². The zero-order chi connectivity index (χ0) is 16.8. The molecule has 0 bridgehead atoms. The van der Waals surface area contributed by atoms with E-state index in [1.165, 1.54) is 18.2 Å². The number of halogens is 1. The van der Waals surface area contributed by atoms with E-state index >= 15 is 0 Å². The number of aryl methyl sites for hydroxylation is 1. The molecule has 0 spiro atoms. The van der Waals surface area contributed by atoms with Gasteiger partial charge in [-0.2, -0.15) is 5.10 Å². The van der Waals surface area contributed by atoms with Crippen LogP contribution in [0.5, 0.6) is 0 Å². The summed E-state index contributed by atoms with van der Waals surface area (Å²) >= 11 is 0. The van der Waals surface area contributed by atoms with Crippen LogP contribution in [0.2, 0.25) is 0 Å². The molecule has 23 heavy (non-hydrogen) atoms. The van der Waals surface area contributed by atoms with Crippen molar-refractivity contribution in [2.24, 2.45) is 7.05 Å². The summed E-state index contributed by atoms with van der Waals surface area (Å²) < 4.78 is 15.0. The van der Waals surface area contributed by atoms with Crippen molar-refractivity contribution in [3.8, 4) is 0 Å². The monoisotopic (exact) mass is 316 g/mol. The van der Waals surface area contributed by atoms with Crippen LogP contribution in [0.25, 0.3) is 6.08 Å². The zero-order valence-electron chi connectivity index (χ0n) is 13.5. The molecule has 2 aromatic rings. The Labute approximate surface area is 135 Å². The Morgan fingerprint density at radius 3 is 2.87 bits per heavy atom. The van der Waals surface area contributed by atoms with Crippen molar-refractivity contribution in [1.29, 1.82) is 0 Å². The highest BCUT2D eigenvalue weighted by molar-refractivity contribution is 5.91. The van der Waals surface area contributed by atoms with Crippen molar-refractivity contribution in [1.82, 2.24) is 20.0 Å². The van der Waals surface area contributed by atoms with Gasteiger partial charge in [-0.3, -0.25) is 9.48 Å². The number of carbonyl (C=O) groups excluding carboxylic acids is 1. The molecule has 1 aromatic carbocycles. The molecule has 1 amide bonds. The Morgan fingerprint density at radius 1 is 1.48 bits per heavy atom. The highest BCUT2D eigenvalue weighted by Crippen LogP contribution is 2.18. The number of rotatable bonds is 6. The van der Waals surface area contributed by atoms with Crippen LogP contribution in [-0.2, 0) is 11.8 Å². The maximum atomic E-state index is 13.4. The Morgan fingerprint density at radius 2 is 2.26 bits per heavy atom. The van der Waals surface area contributed by atoms with Crippen molar-refractivity contribution in [2.45, 2.75) is 6.04 Å². The highest BCUT2D eigenvalue weighted by atomic mass is 19.1. The Kier molecular flexibility index (Phi) is 5.65. The molecule has 6 heteroatoms. The van der Waals surface area contributed by atoms with Gasteiger partial charge in [0.1, 0.15) is 5.82 Å². The number of carbonyl (C=O) groups is 1. The lowest BCUT2D eigenvalue weighted by Gasteiger charge is -2.24. The van der Waals surface area contributed by atoms with Gasteiger partial charge in [-0.1, -0.05) is 12.1 Å². The van der Waals surface area contributed by atoms with E-state index in [1.807, 2.05) is 38.3 Å². The predicted octanol–water partition coefficient (Wildman–Crippen LogP) is 1.99. The third-order valence-corrected chi connectivity index (χ3v) is 3.48. The van der Waals surface area contributed by atoms with E-state index in [0.717, 1.165) is 11.1 Å². The molecule has 1 heterocycles. The van der Waals surface area contributed by atoms with Crippen LogP contribution < -0.4 is 5.32 Å². The molecule has 1 aromatic heterocycles. The fourth-order valence-corrected chi connectivity index (χ4v) is 2.27. The topological polar surface area (TPSA) is 50.2 Å². The average molecular weight is 316 g/mol. The first-order valence-electron chi connectivity index (χ1n) is 7.32. The molecule has 1 atom stereocenters. The summed E-state index contributed by atoms with van der Waals surface area (Å²) in [4.78, 5) is 13.9. The summed E-state index contributed by atoms with van der Waals surface area (Å²) in [5.41, 5.74) is 1.68. The quantitative estimate of drug-likeness (QED) is 0.829. The fraction of sp³-hybridized carbons (Fsp3) is 0.294. The van der Waals surface area contributed by atoms with E-state index in [9.17, 15) is 9.18 Å². The van der Waals surface area contributed by atoms with E-state index in [-0.39, 0.29) is 17.8 Å². The van der Waals surface area contributed by atoms with Crippen LogP contribution in [0, 0.1) is 5.82 Å². The van der Waals surface area contributed by atoms with Crippen molar-refractivity contribution in [2.75, 3.05) is 20.6 Å². The van der Waals surface area contributed by atoms with Crippen molar-refractivity contribution < 1.29 is 9.18 Å². The molecule has 0 saturated carbocycles. The van der Waals surface area contributed by atoms with Gasteiger partial charge in [0.05, 0.1) is 12.2 Å². The minimum absolute atomic E-state index is 0.0959. The Balaban J connectivity index is 1.96. The van der Waals surface area contributed by atoms with E-state index in [1.54, 1.807) is 23.0 Å². The largest absolute Gasteiger partial charge is 0.351 e. The van der Waals surface area contributed by atoms with E-state index in [0.29, 0.717) is 6.54 Å². The van der Waals surface area contributed by atoms with Crippen LogP contribution in [0.15, 0.2) is 42.7 Å². The summed E-state index contributed by atoms with van der Waals surface area (Å²) in [6, 6.07) is 6.33. The van der Waals surface area contributed by atoms with Gasteiger partial charge >= 0.3 is 0 Å². The Bertz CT molecular complexity index is 693. The summed E-state index contributed by atoms with van der Waals surface area (Å²) in [5.74, 6) is -0.478.